The maximum Gasteiger partial charge on any atom is 0.338 e. The van der Waals surface area contributed by atoms with Gasteiger partial charge in [0.15, 0.2) is 0 Å². The van der Waals surface area contributed by atoms with Crippen molar-refractivity contribution < 1.29 is 13.9 Å². The van der Waals surface area contributed by atoms with Crippen LogP contribution < -0.4 is 5.73 Å². The largest absolute Gasteiger partial charge is 0.457 e. The molecule has 0 fully saturated rings. The molecular formula is C15H11FN2O2. The summed E-state index contributed by atoms with van der Waals surface area (Å²) in [5, 5.41) is 8.90. The third-order valence-electron chi connectivity index (χ3n) is 2.67. The monoisotopic (exact) mass is 270 g/mol. The lowest BCUT2D eigenvalue weighted by molar-refractivity contribution is 0.0472. The van der Waals surface area contributed by atoms with Crippen molar-refractivity contribution in [2.75, 3.05) is 5.73 Å². The molecule has 4 nitrogen and oxygen atoms in total. The number of hydrogen-bond acceptors (Lipinski definition) is 4. The van der Waals surface area contributed by atoms with E-state index in [4.69, 9.17) is 15.7 Å². The van der Waals surface area contributed by atoms with Crippen LogP contribution in [0.4, 0.5) is 10.1 Å². The Morgan fingerprint density at radius 1 is 1.30 bits per heavy atom. The van der Waals surface area contributed by atoms with Crippen molar-refractivity contribution in [2.45, 2.75) is 6.61 Å². The molecule has 0 aliphatic rings. The number of esters is 1. The fourth-order valence-corrected chi connectivity index (χ4v) is 1.68. The summed E-state index contributed by atoms with van der Waals surface area (Å²) >= 11 is 0. The molecule has 0 aliphatic carbocycles. The Morgan fingerprint density at radius 3 is 2.80 bits per heavy atom. The minimum Gasteiger partial charge on any atom is -0.457 e. The molecular weight excluding hydrogens is 259 g/mol. The summed E-state index contributed by atoms with van der Waals surface area (Å²) in [6.45, 7) is -0.172. The zero-order chi connectivity index (χ0) is 14.5. The first kappa shape index (κ1) is 13.6. The van der Waals surface area contributed by atoms with Crippen LogP contribution in [-0.2, 0) is 11.3 Å². The van der Waals surface area contributed by atoms with E-state index in [0.717, 1.165) is 0 Å². The van der Waals surface area contributed by atoms with Crippen molar-refractivity contribution in [3.63, 3.8) is 0 Å². The van der Waals surface area contributed by atoms with Crippen LogP contribution in [0.5, 0.6) is 0 Å². The van der Waals surface area contributed by atoms with Gasteiger partial charge in [0.2, 0.25) is 0 Å². The van der Waals surface area contributed by atoms with Gasteiger partial charge >= 0.3 is 5.97 Å². The molecule has 0 bridgehead atoms. The molecule has 2 N–H and O–H groups in total. The number of nitrogens with two attached hydrogens (primary N) is 1. The zero-order valence-corrected chi connectivity index (χ0v) is 10.5. The van der Waals surface area contributed by atoms with Crippen LogP contribution in [0.1, 0.15) is 21.5 Å². The number of ether oxygens (including phenoxy) is 1. The first-order valence-corrected chi connectivity index (χ1v) is 5.81. The van der Waals surface area contributed by atoms with Gasteiger partial charge in [0.05, 0.1) is 17.2 Å². The lowest BCUT2D eigenvalue weighted by Gasteiger charge is -2.07. The fourth-order valence-electron chi connectivity index (χ4n) is 1.68. The molecule has 0 aliphatic heterocycles. The second kappa shape index (κ2) is 5.85. The number of benzene rings is 2. The second-order valence-corrected chi connectivity index (χ2v) is 4.11. The molecule has 0 saturated carbocycles. The van der Waals surface area contributed by atoms with Gasteiger partial charge in [0, 0.05) is 11.3 Å². The highest BCUT2D eigenvalue weighted by atomic mass is 19.1. The Morgan fingerprint density at radius 2 is 2.10 bits per heavy atom. The molecule has 0 amide bonds. The number of halogens is 1. The maximum absolute atomic E-state index is 13.1. The molecule has 5 heteroatoms. The highest BCUT2D eigenvalue weighted by molar-refractivity contribution is 5.90. The van der Waals surface area contributed by atoms with Gasteiger partial charge in [-0.15, -0.1) is 0 Å². The molecule has 0 radical (unpaired) electrons. The van der Waals surface area contributed by atoms with E-state index in [2.05, 4.69) is 0 Å². The first-order chi connectivity index (χ1) is 9.60. The minimum atomic E-state index is -0.578. The summed E-state index contributed by atoms with van der Waals surface area (Å²) in [6, 6.07) is 12.0. The number of nitrogens with zero attached hydrogens (tertiary/aromatic N) is 1. The number of nitrogen functional groups attached to an aromatic ring is 1. The van der Waals surface area contributed by atoms with Crippen LogP contribution in [0.15, 0.2) is 42.5 Å². The van der Waals surface area contributed by atoms with Gasteiger partial charge in [-0.1, -0.05) is 6.07 Å². The average molecular weight is 270 g/mol. The van der Waals surface area contributed by atoms with Gasteiger partial charge in [-0.2, -0.15) is 5.26 Å². The molecule has 2 aromatic rings. The fraction of sp³-hybridized carbons (Fsp3) is 0.0667. The Kier molecular flexibility index (Phi) is 3.96. The number of anilines is 1. The summed E-state index contributed by atoms with van der Waals surface area (Å²) in [5.41, 5.74) is 6.92. The van der Waals surface area contributed by atoms with Gasteiger partial charge in [0.1, 0.15) is 12.4 Å². The van der Waals surface area contributed by atoms with Crippen LogP contribution in [0.25, 0.3) is 0 Å². The smallest absolute Gasteiger partial charge is 0.338 e. The number of rotatable bonds is 3. The topological polar surface area (TPSA) is 76.1 Å². The van der Waals surface area contributed by atoms with E-state index in [1.165, 1.54) is 24.3 Å². The SMILES string of the molecule is N#Cc1ccc(F)cc1COC(=O)c1cccc(N)c1. The van der Waals surface area contributed by atoms with E-state index in [1.54, 1.807) is 18.2 Å². The van der Waals surface area contributed by atoms with Crippen LogP contribution >= 0.6 is 0 Å². The van der Waals surface area contributed by atoms with Gasteiger partial charge in [-0.3, -0.25) is 0 Å². The van der Waals surface area contributed by atoms with Crippen molar-refractivity contribution in [3.8, 4) is 6.07 Å². The first-order valence-electron chi connectivity index (χ1n) is 5.81. The summed E-state index contributed by atoms with van der Waals surface area (Å²) in [5.74, 6) is -1.07. The van der Waals surface area contributed by atoms with Gasteiger partial charge in [0.25, 0.3) is 0 Å². The average Bonchev–Trinajstić information content (AvgIpc) is 2.45. The minimum absolute atomic E-state index is 0.172. The van der Waals surface area contributed by atoms with Crippen LogP contribution in [0.3, 0.4) is 0 Å². The van der Waals surface area contributed by atoms with Crippen molar-refractivity contribution in [1.29, 1.82) is 5.26 Å². The van der Waals surface area contributed by atoms with Crippen molar-refractivity contribution in [1.82, 2.24) is 0 Å². The molecule has 0 heterocycles. The van der Waals surface area contributed by atoms with Gasteiger partial charge < -0.3 is 10.5 Å². The van der Waals surface area contributed by atoms with Crippen LogP contribution in [0.2, 0.25) is 0 Å². The number of hydrogen-bond donors (Lipinski definition) is 1. The van der Waals surface area contributed by atoms with Crippen LogP contribution in [-0.4, -0.2) is 5.97 Å². The molecule has 100 valence electrons. The molecule has 2 rings (SSSR count). The normalized spacial score (nSPS) is 9.80. The lowest BCUT2D eigenvalue weighted by Crippen LogP contribution is -2.06. The summed E-state index contributed by atoms with van der Waals surface area (Å²) in [4.78, 5) is 11.8. The second-order valence-electron chi connectivity index (χ2n) is 4.11. The predicted molar refractivity (Wildman–Crippen MR) is 71.1 cm³/mol. The molecule has 0 unspecified atom stereocenters. The van der Waals surface area contributed by atoms with Crippen molar-refractivity contribution in [2.24, 2.45) is 0 Å². The summed E-state index contributed by atoms with van der Waals surface area (Å²) in [6.07, 6.45) is 0. The number of carbonyl (C=O) groups excluding carboxylic acids is 1. The van der Waals surface area contributed by atoms with E-state index in [0.29, 0.717) is 16.8 Å². The van der Waals surface area contributed by atoms with Crippen LogP contribution in [0, 0.1) is 17.1 Å². The lowest BCUT2D eigenvalue weighted by atomic mass is 10.1. The van der Waals surface area contributed by atoms with E-state index >= 15 is 0 Å². The maximum atomic E-state index is 13.1. The quantitative estimate of drug-likeness (QED) is 0.687. The number of carbonyl (C=O) groups is 1. The molecule has 0 saturated heterocycles. The highest BCUT2D eigenvalue weighted by Crippen LogP contribution is 2.14. The Labute approximate surface area is 115 Å². The molecule has 20 heavy (non-hydrogen) atoms. The molecule has 0 aromatic heterocycles. The Balaban J connectivity index is 2.11. The third-order valence-corrected chi connectivity index (χ3v) is 2.67. The molecule has 0 spiro atoms. The molecule has 2 aromatic carbocycles. The van der Waals surface area contributed by atoms with Gasteiger partial charge in [-0.25, -0.2) is 9.18 Å². The Bertz CT molecular complexity index is 693. The zero-order valence-electron chi connectivity index (χ0n) is 10.5. The third kappa shape index (κ3) is 3.12. The Hall–Kier alpha value is -2.87. The predicted octanol–water partition coefficient (Wildman–Crippen LogP) is 2.64. The van der Waals surface area contributed by atoms with Crippen molar-refractivity contribution in [3.05, 3.63) is 65.0 Å². The van der Waals surface area contributed by atoms with E-state index in [9.17, 15) is 9.18 Å². The van der Waals surface area contributed by atoms with Crippen molar-refractivity contribution >= 4 is 11.7 Å². The summed E-state index contributed by atoms with van der Waals surface area (Å²) < 4.78 is 18.2. The van der Waals surface area contributed by atoms with E-state index < -0.39 is 11.8 Å². The highest BCUT2D eigenvalue weighted by Gasteiger charge is 2.10. The number of nitriles is 1. The standard InChI is InChI=1S/C15H11FN2O2/c16-13-5-4-11(8-17)12(6-13)9-20-15(19)10-2-1-3-14(18)7-10/h1-7H,9,18H2. The van der Waals surface area contributed by atoms with E-state index in [1.807, 2.05) is 6.07 Å². The summed E-state index contributed by atoms with van der Waals surface area (Å²) in [7, 11) is 0. The van der Waals surface area contributed by atoms with Gasteiger partial charge in [-0.05, 0) is 36.4 Å². The molecule has 0 atom stereocenters. The van der Waals surface area contributed by atoms with E-state index in [-0.39, 0.29) is 12.2 Å².